The van der Waals surface area contributed by atoms with Gasteiger partial charge in [-0.3, -0.25) is 24.3 Å². The molecule has 9 heteroatoms. The van der Waals surface area contributed by atoms with Crippen LogP contribution in [0.5, 0.6) is 5.75 Å². The van der Waals surface area contributed by atoms with Crippen LogP contribution in [0.25, 0.3) is 10.9 Å². The molecule has 1 fully saturated rings. The number of carbonyl (C=O) groups excluding carboxylic acids is 1. The van der Waals surface area contributed by atoms with Crippen molar-refractivity contribution in [2.45, 2.75) is 13.5 Å². The van der Waals surface area contributed by atoms with Gasteiger partial charge in [-0.15, -0.1) is 0 Å². The van der Waals surface area contributed by atoms with Gasteiger partial charge in [0.1, 0.15) is 11.4 Å². The molecule has 4 aromatic rings. The van der Waals surface area contributed by atoms with Gasteiger partial charge >= 0.3 is 11.2 Å². The van der Waals surface area contributed by atoms with Crippen LogP contribution in [0.1, 0.15) is 21.5 Å². The Morgan fingerprint density at radius 1 is 0.974 bits per heavy atom. The molecule has 0 bridgehead atoms. The molecule has 0 atom stereocenters. The van der Waals surface area contributed by atoms with Crippen LogP contribution in [0.4, 0.5) is 11.4 Å². The summed E-state index contributed by atoms with van der Waals surface area (Å²) in [7, 11) is 1.57. The number of pyridine rings is 1. The molecular weight excluding hydrogens is 484 g/mol. The van der Waals surface area contributed by atoms with Crippen LogP contribution in [-0.4, -0.2) is 53.6 Å². The van der Waals surface area contributed by atoms with Gasteiger partial charge in [-0.05, 0) is 48.9 Å². The van der Waals surface area contributed by atoms with E-state index in [1.807, 2.05) is 60.4 Å². The van der Waals surface area contributed by atoms with E-state index in [1.54, 1.807) is 36.3 Å². The lowest BCUT2D eigenvalue weighted by Gasteiger charge is -2.36. The summed E-state index contributed by atoms with van der Waals surface area (Å²) in [6.07, 6.45) is 0. The highest BCUT2D eigenvalue weighted by atomic mass is 16.6. The summed E-state index contributed by atoms with van der Waals surface area (Å²) >= 11 is 0. The number of benzene rings is 3. The van der Waals surface area contributed by atoms with Gasteiger partial charge in [0.2, 0.25) is 0 Å². The maximum absolute atomic E-state index is 13.6. The third kappa shape index (κ3) is 4.70. The first kappa shape index (κ1) is 25.0. The van der Waals surface area contributed by atoms with E-state index in [9.17, 15) is 19.7 Å². The second kappa shape index (κ2) is 10.4. The Balaban J connectivity index is 1.51. The minimum atomic E-state index is -0.637. The average molecular weight is 513 g/mol. The number of hydrogen-bond acceptors (Lipinski definition) is 6. The van der Waals surface area contributed by atoms with Crippen molar-refractivity contribution in [1.82, 2.24) is 9.47 Å². The lowest BCUT2D eigenvalue weighted by molar-refractivity contribution is -0.385. The molecule has 0 N–H and O–H groups in total. The first-order valence-corrected chi connectivity index (χ1v) is 12.4. The quantitative estimate of drug-likeness (QED) is 0.283. The molecule has 0 unspecified atom stereocenters. The molecule has 0 spiro atoms. The maximum Gasteiger partial charge on any atom is 0.357 e. The van der Waals surface area contributed by atoms with Crippen molar-refractivity contribution in [2.24, 2.45) is 0 Å². The standard InChI is InChI=1S/C29H28N4O5/c1-20-8-13-25-24(18-20)26(27(33(36)37)29(35)32(25)19-21-6-4-3-5-7-21)30-14-16-31(17-15-30)28(34)22-9-11-23(38-2)12-10-22/h3-13,18H,14-17,19H2,1-2H3. The number of aromatic nitrogens is 1. The summed E-state index contributed by atoms with van der Waals surface area (Å²) in [5.41, 5.74) is 2.25. The van der Waals surface area contributed by atoms with E-state index in [2.05, 4.69) is 0 Å². The zero-order valence-electron chi connectivity index (χ0n) is 21.3. The molecule has 9 nitrogen and oxygen atoms in total. The Morgan fingerprint density at radius 2 is 1.66 bits per heavy atom. The molecule has 2 heterocycles. The van der Waals surface area contributed by atoms with E-state index in [1.165, 1.54) is 4.57 Å². The van der Waals surface area contributed by atoms with Gasteiger partial charge in [0.15, 0.2) is 0 Å². The Hall–Kier alpha value is -4.66. The molecule has 1 aliphatic heterocycles. The summed E-state index contributed by atoms with van der Waals surface area (Å²) in [6, 6.07) is 22.0. The number of rotatable bonds is 6. The fourth-order valence-corrected chi connectivity index (χ4v) is 5.00. The number of nitro groups is 1. The van der Waals surface area contributed by atoms with Gasteiger partial charge in [-0.1, -0.05) is 42.0 Å². The number of piperazine rings is 1. The maximum atomic E-state index is 13.6. The van der Waals surface area contributed by atoms with Gasteiger partial charge in [-0.2, -0.15) is 0 Å². The van der Waals surface area contributed by atoms with Crippen LogP contribution < -0.4 is 15.2 Å². The molecule has 1 saturated heterocycles. The van der Waals surface area contributed by atoms with E-state index < -0.39 is 16.2 Å². The molecule has 0 radical (unpaired) electrons. The van der Waals surface area contributed by atoms with Crippen LogP contribution in [0, 0.1) is 17.0 Å². The number of hydrogen-bond donors (Lipinski definition) is 0. The van der Waals surface area contributed by atoms with Crippen LogP contribution in [0.2, 0.25) is 0 Å². The highest BCUT2D eigenvalue weighted by Crippen LogP contribution is 2.35. The lowest BCUT2D eigenvalue weighted by atomic mass is 10.1. The second-order valence-electron chi connectivity index (χ2n) is 9.36. The third-order valence-electron chi connectivity index (χ3n) is 6.96. The molecule has 0 saturated carbocycles. The number of nitrogens with zero attached hydrogens (tertiary/aromatic N) is 4. The number of anilines is 1. The van der Waals surface area contributed by atoms with E-state index in [4.69, 9.17) is 4.74 Å². The van der Waals surface area contributed by atoms with Crippen LogP contribution in [0.3, 0.4) is 0 Å². The monoisotopic (exact) mass is 512 g/mol. The lowest BCUT2D eigenvalue weighted by Crippen LogP contribution is -2.49. The molecule has 194 valence electrons. The summed E-state index contributed by atoms with van der Waals surface area (Å²) in [5, 5.41) is 13.0. The minimum absolute atomic E-state index is 0.110. The second-order valence-corrected chi connectivity index (χ2v) is 9.36. The van der Waals surface area contributed by atoms with Gasteiger partial charge in [0.25, 0.3) is 5.91 Å². The Bertz CT molecular complexity index is 1560. The molecule has 38 heavy (non-hydrogen) atoms. The normalized spacial score (nSPS) is 13.5. The van der Waals surface area contributed by atoms with Gasteiger partial charge in [0, 0.05) is 37.1 Å². The zero-order chi connectivity index (χ0) is 26.8. The van der Waals surface area contributed by atoms with E-state index in [-0.39, 0.29) is 12.5 Å². The van der Waals surface area contributed by atoms with Crippen molar-refractivity contribution >= 4 is 28.2 Å². The number of aryl methyl sites for hydroxylation is 1. The van der Waals surface area contributed by atoms with Crippen molar-refractivity contribution < 1.29 is 14.5 Å². The summed E-state index contributed by atoms with van der Waals surface area (Å²) < 4.78 is 6.65. The smallest absolute Gasteiger partial charge is 0.357 e. The number of carbonyl (C=O) groups is 1. The summed E-state index contributed by atoms with van der Waals surface area (Å²) in [6.45, 7) is 3.64. The highest BCUT2D eigenvalue weighted by Gasteiger charge is 2.32. The number of ether oxygens (including phenoxy) is 1. The zero-order valence-corrected chi connectivity index (χ0v) is 21.3. The first-order chi connectivity index (χ1) is 18.4. The topological polar surface area (TPSA) is 97.9 Å². The van der Waals surface area contributed by atoms with Crippen molar-refractivity contribution in [3.8, 4) is 5.75 Å². The Kier molecular flexibility index (Phi) is 6.83. The number of methoxy groups -OCH3 is 1. The fraction of sp³-hybridized carbons (Fsp3) is 0.241. The summed E-state index contributed by atoms with van der Waals surface area (Å²) in [4.78, 5) is 42.0. The fourth-order valence-electron chi connectivity index (χ4n) is 5.00. The van der Waals surface area contributed by atoms with Gasteiger partial charge in [-0.25, -0.2) is 0 Å². The van der Waals surface area contributed by atoms with Crippen molar-refractivity contribution in [3.63, 3.8) is 0 Å². The predicted molar refractivity (Wildman–Crippen MR) is 146 cm³/mol. The Labute approximate surface area is 219 Å². The largest absolute Gasteiger partial charge is 0.497 e. The molecule has 1 amide bonds. The SMILES string of the molecule is COc1ccc(C(=O)N2CCN(c3c([N+](=O)[O-])c(=O)n(Cc4ccccc4)c4ccc(C)cc34)CC2)cc1. The minimum Gasteiger partial charge on any atom is -0.497 e. The van der Waals surface area contributed by atoms with E-state index >= 15 is 0 Å². The van der Waals surface area contributed by atoms with Crippen molar-refractivity contribution in [2.75, 3.05) is 38.2 Å². The van der Waals surface area contributed by atoms with Crippen molar-refractivity contribution in [3.05, 3.63) is 110 Å². The average Bonchev–Trinajstić information content (AvgIpc) is 2.94. The molecule has 1 aliphatic rings. The van der Waals surface area contributed by atoms with Crippen molar-refractivity contribution in [1.29, 1.82) is 0 Å². The molecule has 1 aromatic heterocycles. The summed E-state index contributed by atoms with van der Waals surface area (Å²) in [5.74, 6) is 0.559. The molecular formula is C29H28N4O5. The van der Waals surface area contributed by atoms with E-state index in [0.29, 0.717) is 54.1 Å². The van der Waals surface area contributed by atoms with Gasteiger partial charge < -0.3 is 14.5 Å². The predicted octanol–water partition coefficient (Wildman–Crippen LogP) is 4.24. The van der Waals surface area contributed by atoms with Crippen LogP contribution >= 0.6 is 0 Å². The third-order valence-corrected chi connectivity index (χ3v) is 6.96. The number of amides is 1. The highest BCUT2D eigenvalue weighted by molar-refractivity contribution is 5.98. The first-order valence-electron chi connectivity index (χ1n) is 12.4. The molecule has 0 aliphatic carbocycles. The number of fused-ring (bicyclic) bond motifs is 1. The Morgan fingerprint density at radius 3 is 2.29 bits per heavy atom. The van der Waals surface area contributed by atoms with E-state index in [0.717, 1.165) is 11.1 Å². The molecule has 3 aromatic carbocycles. The van der Waals surface area contributed by atoms with Crippen LogP contribution in [0.15, 0.2) is 77.6 Å². The molecule has 5 rings (SSSR count). The van der Waals surface area contributed by atoms with Crippen LogP contribution in [-0.2, 0) is 6.54 Å². The van der Waals surface area contributed by atoms with Gasteiger partial charge in [0.05, 0.1) is 24.1 Å².